The lowest BCUT2D eigenvalue weighted by atomic mass is 9.77. The van der Waals surface area contributed by atoms with E-state index in [0.717, 1.165) is 31.1 Å². The average molecular weight is 467 g/mol. The van der Waals surface area contributed by atoms with Crippen molar-refractivity contribution < 1.29 is 9.47 Å². The predicted molar refractivity (Wildman–Crippen MR) is 143 cm³/mol. The molecule has 0 aliphatic carbocycles. The van der Waals surface area contributed by atoms with Crippen LogP contribution in [-0.4, -0.2) is 24.9 Å². The molecule has 3 aromatic rings. The molecule has 0 saturated carbocycles. The maximum Gasteiger partial charge on any atom is 0.161 e. The molecule has 0 unspecified atom stereocenters. The van der Waals surface area contributed by atoms with E-state index >= 15 is 0 Å². The largest absolute Gasteiger partial charge is 0.478 e. The Labute approximate surface area is 209 Å². The maximum atomic E-state index is 6.09. The van der Waals surface area contributed by atoms with E-state index in [-0.39, 0.29) is 5.41 Å². The summed E-state index contributed by atoms with van der Waals surface area (Å²) in [7, 11) is 0. The lowest BCUT2D eigenvalue weighted by Crippen LogP contribution is -2.33. The van der Waals surface area contributed by atoms with Crippen LogP contribution in [0.15, 0.2) is 91.0 Å². The van der Waals surface area contributed by atoms with E-state index in [9.17, 15) is 0 Å². The number of rotatable bonds is 6. The third-order valence-electron chi connectivity index (χ3n) is 7.02. The highest BCUT2D eigenvalue weighted by molar-refractivity contribution is 5.52. The van der Waals surface area contributed by atoms with Gasteiger partial charge in [0.15, 0.2) is 6.73 Å². The highest BCUT2D eigenvalue weighted by Crippen LogP contribution is 2.38. The topological polar surface area (TPSA) is 24.9 Å². The predicted octanol–water partition coefficient (Wildman–Crippen LogP) is 6.65. The Balaban J connectivity index is 1.37. The maximum absolute atomic E-state index is 6.09. The third kappa shape index (κ3) is 4.98. The van der Waals surface area contributed by atoms with Gasteiger partial charge >= 0.3 is 0 Å². The van der Waals surface area contributed by atoms with Crippen molar-refractivity contribution in [2.75, 3.05) is 24.9 Å². The molecule has 0 bridgehead atoms. The van der Waals surface area contributed by atoms with Crippen molar-refractivity contribution in [3.63, 3.8) is 0 Å². The van der Waals surface area contributed by atoms with Gasteiger partial charge < -0.3 is 14.4 Å². The van der Waals surface area contributed by atoms with Gasteiger partial charge in [-0.1, -0.05) is 68.5 Å². The number of ether oxygens (including phenoxy) is 2. The summed E-state index contributed by atoms with van der Waals surface area (Å²) in [5.41, 5.74) is 6.10. The van der Waals surface area contributed by atoms with Crippen molar-refractivity contribution >= 4 is 5.69 Å². The van der Waals surface area contributed by atoms with E-state index in [1.165, 1.54) is 27.9 Å². The lowest BCUT2D eigenvalue weighted by Gasteiger charge is -2.34. The molecule has 0 aromatic heterocycles. The molecule has 3 aromatic carbocycles. The van der Waals surface area contributed by atoms with Gasteiger partial charge in [0.1, 0.15) is 18.2 Å². The molecule has 35 heavy (non-hydrogen) atoms. The molecule has 4 nitrogen and oxygen atoms in total. The van der Waals surface area contributed by atoms with Crippen LogP contribution in [0.3, 0.4) is 0 Å². The first kappa shape index (κ1) is 23.3. The summed E-state index contributed by atoms with van der Waals surface area (Å²) in [6, 6.07) is 23.8. The Bertz CT molecular complexity index is 1230. The average Bonchev–Trinajstić information content (AvgIpc) is 2.90. The zero-order chi connectivity index (χ0) is 24.3. The number of nitrogens with zero attached hydrogens (tertiary/aromatic N) is 2. The molecule has 4 heteroatoms. The first-order valence-corrected chi connectivity index (χ1v) is 12.4. The summed E-state index contributed by atoms with van der Waals surface area (Å²) in [4.78, 5) is 4.59. The zero-order valence-corrected chi connectivity index (χ0v) is 20.9. The van der Waals surface area contributed by atoms with Crippen molar-refractivity contribution in [2.24, 2.45) is 0 Å². The summed E-state index contributed by atoms with van der Waals surface area (Å²) >= 11 is 0. The number of fused-ring (bicyclic) bond motifs is 2. The van der Waals surface area contributed by atoms with Crippen molar-refractivity contribution in [3.8, 4) is 11.5 Å². The molecular formula is C31H34N2O2. The molecule has 0 atom stereocenters. The SMILES string of the molecule is C/C=C\C=C/CN1COc2ccc(C(C)(C)c3ccc4c(c3)CN(c3ccccc3)CO4)cc2C1. The number of benzene rings is 3. The van der Waals surface area contributed by atoms with Crippen LogP contribution in [0.1, 0.15) is 43.0 Å². The van der Waals surface area contributed by atoms with Gasteiger partial charge in [-0.15, -0.1) is 0 Å². The molecule has 2 aliphatic heterocycles. The smallest absolute Gasteiger partial charge is 0.161 e. The van der Waals surface area contributed by atoms with Crippen molar-refractivity contribution in [2.45, 2.75) is 39.3 Å². The molecule has 5 rings (SSSR count). The van der Waals surface area contributed by atoms with Gasteiger partial charge in [0.2, 0.25) is 0 Å². The van der Waals surface area contributed by atoms with Gasteiger partial charge in [0, 0.05) is 41.9 Å². The van der Waals surface area contributed by atoms with Crippen LogP contribution >= 0.6 is 0 Å². The Kier molecular flexibility index (Phi) is 6.65. The minimum atomic E-state index is -0.146. The molecule has 0 amide bonds. The normalized spacial score (nSPS) is 16.1. The van der Waals surface area contributed by atoms with Crippen LogP contribution in [0.2, 0.25) is 0 Å². The number of hydrogen-bond donors (Lipinski definition) is 0. The summed E-state index contributed by atoms with van der Waals surface area (Å²) in [6.07, 6.45) is 8.37. The highest BCUT2D eigenvalue weighted by atomic mass is 16.5. The second kappa shape index (κ2) is 10.0. The quantitative estimate of drug-likeness (QED) is 0.380. The van der Waals surface area contributed by atoms with E-state index in [4.69, 9.17) is 9.47 Å². The van der Waals surface area contributed by atoms with Gasteiger partial charge in [0.25, 0.3) is 0 Å². The summed E-state index contributed by atoms with van der Waals surface area (Å²) in [5, 5.41) is 0. The van der Waals surface area contributed by atoms with Crippen LogP contribution in [0.25, 0.3) is 0 Å². The first-order valence-electron chi connectivity index (χ1n) is 12.4. The number of hydrogen-bond acceptors (Lipinski definition) is 4. The van der Waals surface area contributed by atoms with Crippen LogP contribution in [0.5, 0.6) is 11.5 Å². The molecule has 0 N–H and O–H groups in total. The number of anilines is 1. The second-order valence-corrected chi connectivity index (χ2v) is 9.82. The Morgan fingerprint density at radius 3 is 2.14 bits per heavy atom. The van der Waals surface area contributed by atoms with Gasteiger partial charge in [-0.25, -0.2) is 0 Å². The summed E-state index contributed by atoms with van der Waals surface area (Å²) < 4.78 is 12.1. The fraction of sp³-hybridized carbons (Fsp3) is 0.290. The van der Waals surface area contributed by atoms with Gasteiger partial charge in [0.05, 0.1) is 0 Å². The lowest BCUT2D eigenvalue weighted by molar-refractivity contribution is 0.107. The van der Waals surface area contributed by atoms with Crippen LogP contribution in [-0.2, 0) is 18.5 Å². The zero-order valence-electron chi connectivity index (χ0n) is 20.9. The minimum absolute atomic E-state index is 0.146. The molecule has 2 aliphatic rings. The highest BCUT2D eigenvalue weighted by Gasteiger charge is 2.28. The molecule has 0 radical (unpaired) electrons. The molecular weight excluding hydrogens is 432 g/mol. The fourth-order valence-electron chi connectivity index (χ4n) is 4.80. The second-order valence-electron chi connectivity index (χ2n) is 9.82. The third-order valence-corrected chi connectivity index (χ3v) is 7.02. The van der Waals surface area contributed by atoms with Crippen molar-refractivity contribution in [3.05, 3.63) is 113 Å². The van der Waals surface area contributed by atoms with Crippen molar-refractivity contribution in [1.29, 1.82) is 0 Å². The fourth-order valence-corrected chi connectivity index (χ4v) is 4.80. The Morgan fingerprint density at radius 1 is 0.800 bits per heavy atom. The standard InChI is InChI=1S/C31H34N2O2/c1-4-5-6-10-17-32-20-24-18-26(13-15-29(24)34-22-32)31(2,3)27-14-16-30-25(19-27)21-33(23-35-30)28-11-8-7-9-12-28/h4-16,18-19H,17,20-23H2,1-3H3/b5-4-,10-6-. The van der Waals surface area contributed by atoms with Crippen LogP contribution in [0.4, 0.5) is 5.69 Å². The van der Waals surface area contributed by atoms with Crippen LogP contribution in [0, 0.1) is 0 Å². The summed E-state index contributed by atoms with van der Waals surface area (Å²) in [6.45, 7) is 10.4. The van der Waals surface area contributed by atoms with E-state index in [0.29, 0.717) is 13.5 Å². The van der Waals surface area contributed by atoms with Gasteiger partial charge in [-0.05, 0) is 54.4 Å². The Hall–Kier alpha value is -3.50. The number of allylic oxidation sites excluding steroid dienone is 3. The van der Waals surface area contributed by atoms with Gasteiger partial charge in [-0.2, -0.15) is 0 Å². The summed E-state index contributed by atoms with van der Waals surface area (Å²) in [5.74, 6) is 1.98. The van der Waals surface area contributed by atoms with E-state index in [1.807, 2.05) is 19.1 Å². The van der Waals surface area contributed by atoms with E-state index < -0.39 is 0 Å². The minimum Gasteiger partial charge on any atom is -0.478 e. The van der Waals surface area contributed by atoms with Gasteiger partial charge in [-0.3, -0.25) is 4.90 Å². The number of para-hydroxylation sites is 1. The first-order chi connectivity index (χ1) is 17.0. The molecule has 0 spiro atoms. The molecule has 180 valence electrons. The molecule has 0 saturated heterocycles. The molecule has 0 fully saturated rings. The Morgan fingerprint density at radius 2 is 1.46 bits per heavy atom. The van der Waals surface area contributed by atoms with Crippen molar-refractivity contribution in [1.82, 2.24) is 4.90 Å². The van der Waals surface area contributed by atoms with E-state index in [1.54, 1.807) is 0 Å². The molecule has 2 heterocycles. The van der Waals surface area contributed by atoms with Crippen LogP contribution < -0.4 is 14.4 Å². The monoisotopic (exact) mass is 466 g/mol. The van der Waals surface area contributed by atoms with E-state index in [2.05, 4.69) is 103 Å².